The van der Waals surface area contributed by atoms with E-state index in [2.05, 4.69) is 11.5 Å². The second kappa shape index (κ2) is 4.00. The summed E-state index contributed by atoms with van der Waals surface area (Å²) >= 11 is 0. The first-order valence-electron chi connectivity index (χ1n) is 5.60. The topological polar surface area (TPSA) is 48.0 Å². The smallest absolute Gasteiger partial charge is 0.251 e. The van der Waals surface area contributed by atoms with E-state index in [1.165, 1.54) is 0 Å². The molecule has 84 valence electrons. The molecule has 1 aromatic heterocycles. The molecule has 0 aliphatic carbocycles. The molecular formula is C13H16N2O. The third kappa shape index (κ3) is 1.40. The third-order valence-electron chi connectivity index (χ3n) is 2.98. The van der Waals surface area contributed by atoms with Crippen LogP contribution in [0.1, 0.15) is 29.9 Å². The van der Waals surface area contributed by atoms with E-state index in [1.807, 2.05) is 31.2 Å². The molecule has 0 aliphatic heterocycles. The van der Waals surface area contributed by atoms with Gasteiger partial charge in [-0.1, -0.05) is 25.1 Å². The maximum atomic E-state index is 11.5. The number of benzene rings is 1. The van der Waals surface area contributed by atoms with Gasteiger partial charge in [-0.05, 0) is 19.4 Å². The van der Waals surface area contributed by atoms with Crippen molar-refractivity contribution in [2.75, 3.05) is 0 Å². The average molecular weight is 216 g/mol. The van der Waals surface area contributed by atoms with E-state index in [0.29, 0.717) is 5.56 Å². The van der Waals surface area contributed by atoms with E-state index in [1.54, 1.807) is 0 Å². The van der Waals surface area contributed by atoms with E-state index in [9.17, 15) is 4.79 Å². The van der Waals surface area contributed by atoms with Crippen LogP contribution in [0, 0.1) is 0 Å². The van der Waals surface area contributed by atoms with Crippen LogP contribution in [0.25, 0.3) is 10.9 Å². The lowest BCUT2D eigenvalue weighted by molar-refractivity contribution is 0.100. The van der Waals surface area contributed by atoms with Crippen molar-refractivity contribution in [3.63, 3.8) is 0 Å². The molecule has 0 saturated heterocycles. The zero-order valence-electron chi connectivity index (χ0n) is 9.66. The van der Waals surface area contributed by atoms with Gasteiger partial charge in [0, 0.05) is 23.1 Å². The maximum Gasteiger partial charge on any atom is 0.251 e. The normalized spacial score (nSPS) is 10.9. The molecule has 16 heavy (non-hydrogen) atoms. The van der Waals surface area contributed by atoms with Crippen molar-refractivity contribution in [1.29, 1.82) is 0 Å². The monoisotopic (exact) mass is 216 g/mol. The van der Waals surface area contributed by atoms with Crippen LogP contribution in [0.2, 0.25) is 0 Å². The number of primary amides is 1. The highest BCUT2D eigenvalue weighted by atomic mass is 16.1. The molecule has 0 atom stereocenters. The Kier molecular flexibility index (Phi) is 2.69. The molecule has 3 heteroatoms. The SMILES string of the molecule is CCc1c(C(N)=O)c2ccccc2n1CC. The lowest BCUT2D eigenvalue weighted by Crippen LogP contribution is -2.14. The number of nitrogens with two attached hydrogens (primary N) is 1. The van der Waals surface area contributed by atoms with Crippen LogP contribution in [-0.4, -0.2) is 10.5 Å². The quantitative estimate of drug-likeness (QED) is 0.841. The lowest BCUT2D eigenvalue weighted by Gasteiger charge is -2.06. The number of aromatic nitrogens is 1. The van der Waals surface area contributed by atoms with Gasteiger partial charge in [0.2, 0.25) is 0 Å². The van der Waals surface area contributed by atoms with E-state index < -0.39 is 0 Å². The first-order valence-corrected chi connectivity index (χ1v) is 5.60. The maximum absolute atomic E-state index is 11.5. The summed E-state index contributed by atoms with van der Waals surface area (Å²) in [6.45, 7) is 4.99. The van der Waals surface area contributed by atoms with Crippen LogP contribution in [0.15, 0.2) is 24.3 Å². The molecule has 0 aliphatic rings. The molecular weight excluding hydrogens is 200 g/mol. The number of fused-ring (bicyclic) bond motifs is 1. The molecule has 0 radical (unpaired) electrons. The van der Waals surface area contributed by atoms with Crippen molar-refractivity contribution in [3.05, 3.63) is 35.5 Å². The number of carbonyl (C=O) groups is 1. The van der Waals surface area contributed by atoms with Gasteiger partial charge in [-0.25, -0.2) is 0 Å². The van der Waals surface area contributed by atoms with Crippen molar-refractivity contribution in [2.45, 2.75) is 26.8 Å². The predicted octanol–water partition coefficient (Wildman–Crippen LogP) is 2.32. The first-order chi connectivity index (χ1) is 7.70. The van der Waals surface area contributed by atoms with Crippen molar-refractivity contribution in [3.8, 4) is 0 Å². The number of aryl methyl sites for hydroxylation is 1. The minimum absolute atomic E-state index is 0.333. The Morgan fingerprint density at radius 3 is 2.56 bits per heavy atom. The highest BCUT2D eigenvalue weighted by Gasteiger charge is 2.17. The van der Waals surface area contributed by atoms with Gasteiger partial charge in [0.15, 0.2) is 0 Å². The van der Waals surface area contributed by atoms with Gasteiger partial charge < -0.3 is 10.3 Å². The number of rotatable bonds is 3. The molecule has 2 rings (SSSR count). The summed E-state index contributed by atoms with van der Waals surface area (Å²) in [6, 6.07) is 7.91. The fraction of sp³-hybridized carbons (Fsp3) is 0.308. The number of carbonyl (C=O) groups excluding carboxylic acids is 1. The number of amides is 1. The predicted molar refractivity (Wildman–Crippen MR) is 65.5 cm³/mol. The number of para-hydroxylation sites is 1. The molecule has 0 spiro atoms. The summed E-state index contributed by atoms with van der Waals surface area (Å²) in [5, 5.41) is 0.966. The van der Waals surface area contributed by atoms with E-state index in [-0.39, 0.29) is 5.91 Å². The lowest BCUT2D eigenvalue weighted by atomic mass is 10.1. The molecule has 2 N–H and O–H groups in total. The van der Waals surface area contributed by atoms with Crippen molar-refractivity contribution in [2.24, 2.45) is 5.73 Å². The molecule has 1 aromatic carbocycles. The van der Waals surface area contributed by atoms with Crippen LogP contribution in [-0.2, 0) is 13.0 Å². The zero-order chi connectivity index (χ0) is 11.7. The van der Waals surface area contributed by atoms with E-state index >= 15 is 0 Å². The minimum Gasteiger partial charge on any atom is -0.366 e. The Morgan fingerprint density at radius 1 is 1.31 bits per heavy atom. The Bertz CT molecular complexity index is 540. The molecule has 1 heterocycles. The second-order valence-corrected chi connectivity index (χ2v) is 3.80. The van der Waals surface area contributed by atoms with Crippen LogP contribution < -0.4 is 5.73 Å². The largest absolute Gasteiger partial charge is 0.366 e. The van der Waals surface area contributed by atoms with E-state index in [4.69, 9.17) is 5.73 Å². The zero-order valence-corrected chi connectivity index (χ0v) is 9.66. The Labute approximate surface area is 94.9 Å². The molecule has 1 amide bonds. The van der Waals surface area contributed by atoms with Crippen LogP contribution >= 0.6 is 0 Å². The standard InChI is InChI=1S/C13H16N2O/c1-3-10-12(13(14)16)9-7-5-6-8-11(9)15(10)4-2/h5-8H,3-4H2,1-2H3,(H2,14,16). The van der Waals surface area contributed by atoms with Crippen LogP contribution in [0.5, 0.6) is 0 Å². The Balaban J connectivity index is 2.90. The fourth-order valence-electron chi connectivity index (χ4n) is 2.36. The average Bonchev–Trinajstić information content (AvgIpc) is 2.62. The summed E-state index contributed by atoms with van der Waals surface area (Å²) in [4.78, 5) is 11.5. The summed E-state index contributed by atoms with van der Waals surface area (Å²) in [6.07, 6.45) is 0.820. The number of hydrogen-bond acceptors (Lipinski definition) is 1. The fourth-order valence-corrected chi connectivity index (χ4v) is 2.36. The molecule has 0 unspecified atom stereocenters. The van der Waals surface area contributed by atoms with Gasteiger partial charge in [-0.15, -0.1) is 0 Å². The van der Waals surface area contributed by atoms with Gasteiger partial charge in [-0.2, -0.15) is 0 Å². The van der Waals surface area contributed by atoms with Gasteiger partial charge in [-0.3, -0.25) is 4.79 Å². The van der Waals surface area contributed by atoms with E-state index in [0.717, 1.165) is 29.6 Å². The Morgan fingerprint density at radius 2 is 2.00 bits per heavy atom. The minimum atomic E-state index is -0.333. The summed E-state index contributed by atoms with van der Waals surface area (Å²) in [5.41, 5.74) is 8.28. The van der Waals surface area contributed by atoms with Crippen molar-refractivity contribution >= 4 is 16.8 Å². The first kappa shape index (κ1) is 10.7. The summed E-state index contributed by atoms with van der Waals surface area (Å²) < 4.78 is 2.16. The van der Waals surface area contributed by atoms with Gasteiger partial charge in [0.1, 0.15) is 0 Å². The number of hydrogen-bond donors (Lipinski definition) is 1. The van der Waals surface area contributed by atoms with Crippen LogP contribution in [0.4, 0.5) is 0 Å². The molecule has 0 saturated carbocycles. The molecule has 0 bridgehead atoms. The Hall–Kier alpha value is -1.77. The van der Waals surface area contributed by atoms with Crippen LogP contribution in [0.3, 0.4) is 0 Å². The van der Waals surface area contributed by atoms with Gasteiger partial charge in [0.05, 0.1) is 5.56 Å². The summed E-state index contributed by atoms with van der Waals surface area (Å²) in [5.74, 6) is -0.333. The van der Waals surface area contributed by atoms with Crippen molar-refractivity contribution < 1.29 is 4.79 Å². The summed E-state index contributed by atoms with van der Waals surface area (Å²) in [7, 11) is 0. The number of nitrogens with zero attached hydrogens (tertiary/aromatic N) is 1. The van der Waals surface area contributed by atoms with Crippen molar-refractivity contribution in [1.82, 2.24) is 4.57 Å². The second-order valence-electron chi connectivity index (χ2n) is 3.80. The molecule has 3 nitrogen and oxygen atoms in total. The van der Waals surface area contributed by atoms with Gasteiger partial charge in [0.25, 0.3) is 5.91 Å². The molecule has 0 fully saturated rings. The highest BCUT2D eigenvalue weighted by molar-refractivity contribution is 6.07. The highest BCUT2D eigenvalue weighted by Crippen LogP contribution is 2.26. The van der Waals surface area contributed by atoms with Gasteiger partial charge >= 0.3 is 0 Å². The molecule has 2 aromatic rings. The third-order valence-corrected chi connectivity index (χ3v) is 2.98.